The van der Waals surface area contributed by atoms with E-state index in [4.69, 9.17) is 9.47 Å². The minimum atomic E-state index is -0.958. The van der Waals surface area contributed by atoms with Gasteiger partial charge in [0.25, 0.3) is 0 Å². The van der Waals surface area contributed by atoms with E-state index in [1.807, 2.05) is 0 Å². The summed E-state index contributed by atoms with van der Waals surface area (Å²) in [7, 11) is 1.77. The minimum absolute atomic E-state index is 0.865. The van der Waals surface area contributed by atoms with Crippen LogP contribution in [-0.4, -0.2) is 14.2 Å². The number of ether oxygens (including phenoxy) is 2. The molecule has 0 N–H and O–H groups in total. The summed E-state index contributed by atoms with van der Waals surface area (Å²) < 4.78 is 12.6. The van der Waals surface area contributed by atoms with Gasteiger partial charge in [0, 0.05) is 11.1 Å². The molecule has 244 valence electrons. The average molecular weight is 669 g/mol. The van der Waals surface area contributed by atoms with Gasteiger partial charge < -0.3 is 9.47 Å². The third kappa shape index (κ3) is 6.80. The van der Waals surface area contributed by atoms with Gasteiger partial charge in [0.15, 0.2) is 0 Å². The highest BCUT2D eigenvalue weighted by atomic mass is 31.1. The molecule has 2 nitrogen and oxygen atoms in total. The van der Waals surface area contributed by atoms with E-state index in [0.717, 1.165) is 29.0 Å². The van der Waals surface area contributed by atoms with Crippen molar-refractivity contribution < 1.29 is 9.47 Å². The third-order valence-corrected chi connectivity index (χ3v) is 14.1. The van der Waals surface area contributed by atoms with Gasteiger partial charge >= 0.3 is 0 Å². The van der Waals surface area contributed by atoms with E-state index in [2.05, 4.69) is 152 Å². The molecule has 2 atom stereocenters. The van der Waals surface area contributed by atoms with Crippen LogP contribution < -0.4 is 36.0 Å². The van der Waals surface area contributed by atoms with E-state index in [-0.39, 0.29) is 0 Å². The molecule has 5 aromatic rings. The first-order chi connectivity index (χ1) is 23.1. The zero-order valence-electron chi connectivity index (χ0n) is 29.7. The Bertz CT molecular complexity index is 2030. The summed E-state index contributed by atoms with van der Waals surface area (Å²) in [6, 6.07) is 34.3. The number of aryl methyl sites for hydroxylation is 6. The molecule has 6 rings (SSSR count). The van der Waals surface area contributed by atoms with Crippen molar-refractivity contribution in [3.63, 3.8) is 0 Å². The molecule has 0 bridgehead atoms. The van der Waals surface area contributed by atoms with Crippen LogP contribution in [0.4, 0.5) is 0 Å². The Morgan fingerprint density at radius 3 is 1.44 bits per heavy atom. The molecule has 1 aliphatic rings. The average Bonchev–Trinajstić information content (AvgIpc) is 3.47. The molecule has 4 heteroatoms. The Morgan fingerprint density at radius 2 is 0.979 bits per heavy atom. The highest BCUT2D eigenvalue weighted by Crippen LogP contribution is 2.53. The van der Waals surface area contributed by atoms with Crippen LogP contribution in [0, 0.1) is 41.5 Å². The van der Waals surface area contributed by atoms with Crippen LogP contribution in [0.15, 0.2) is 114 Å². The molecule has 0 radical (unpaired) electrons. The second-order valence-electron chi connectivity index (χ2n) is 13.2. The first kappa shape index (κ1) is 33.9. The lowest BCUT2D eigenvalue weighted by atomic mass is 10.0. The molecule has 5 aromatic carbocycles. The van der Waals surface area contributed by atoms with Crippen molar-refractivity contribution in [3.8, 4) is 22.6 Å². The van der Waals surface area contributed by atoms with Gasteiger partial charge in [0.2, 0.25) is 0 Å². The van der Waals surface area contributed by atoms with Gasteiger partial charge in [-0.1, -0.05) is 119 Å². The molecule has 1 aliphatic carbocycles. The summed E-state index contributed by atoms with van der Waals surface area (Å²) in [4.78, 5) is 0. The predicted molar refractivity (Wildman–Crippen MR) is 211 cm³/mol. The molecule has 0 saturated heterocycles. The van der Waals surface area contributed by atoms with Crippen molar-refractivity contribution in [2.45, 2.75) is 54.9 Å². The number of benzene rings is 5. The predicted octanol–water partition coefficient (Wildman–Crippen LogP) is 9.65. The van der Waals surface area contributed by atoms with Crippen molar-refractivity contribution in [3.05, 3.63) is 147 Å². The maximum absolute atomic E-state index is 6.31. The second-order valence-corrected chi connectivity index (χ2v) is 17.6. The lowest BCUT2D eigenvalue weighted by Gasteiger charge is -2.29. The van der Waals surface area contributed by atoms with E-state index in [9.17, 15) is 0 Å². The summed E-state index contributed by atoms with van der Waals surface area (Å²) in [5.74, 6) is 1.73. The van der Waals surface area contributed by atoms with Crippen LogP contribution in [0.3, 0.4) is 0 Å². The van der Waals surface area contributed by atoms with E-state index in [1.54, 1.807) is 14.2 Å². The topological polar surface area (TPSA) is 18.5 Å². The fourth-order valence-corrected chi connectivity index (χ4v) is 12.6. The summed E-state index contributed by atoms with van der Waals surface area (Å²) in [6.07, 6.45) is 5.63. The van der Waals surface area contributed by atoms with Gasteiger partial charge in [-0.3, -0.25) is 0 Å². The Kier molecular flexibility index (Phi) is 10.1. The molecule has 0 saturated carbocycles. The third-order valence-electron chi connectivity index (χ3n) is 9.17. The van der Waals surface area contributed by atoms with Gasteiger partial charge in [-0.25, -0.2) is 0 Å². The van der Waals surface area contributed by atoms with E-state index >= 15 is 0 Å². The number of rotatable bonds is 9. The van der Waals surface area contributed by atoms with Crippen molar-refractivity contribution in [1.29, 1.82) is 0 Å². The van der Waals surface area contributed by atoms with Crippen LogP contribution in [-0.2, 0) is 0 Å². The number of hydrogen-bond acceptors (Lipinski definition) is 2. The quantitative estimate of drug-likeness (QED) is 0.146. The summed E-state index contributed by atoms with van der Waals surface area (Å²) in [6.45, 7) is 15.5. The maximum atomic E-state index is 6.31. The Labute approximate surface area is 290 Å². The second kappa shape index (κ2) is 14.3. The highest BCUT2D eigenvalue weighted by molar-refractivity contribution is 7.80. The van der Waals surface area contributed by atoms with Crippen LogP contribution in [0.1, 0.15) is 46.7 Å². The van der Waals surface area contributed by atoms with Crippen molar-refractivity contribution in [1.82, 2.24) is 0 Å². The molecule has 0 amide bonds. The summed E-state index contributed by atoms with van der Waals surface area (Å²) in [5.41, 5.74) is 11.4. The van der Waals surface area contributed by atoms with E-state index in [0.29, 0.717) is 0 Å². The van der Waals surface area contributed by atoms with Gasteiger partial charge in [-0.2, -0.15) is 0 Å². The van der Waals surface area contributed by atoms with Crippen LogP contribution in [0.5, 0.6) is 11.5 Å². The van der Waals surface area contributed by atoms with Crippen molar-refractivity contribution in [2.24, 2.45) is 0 Å². The first-order valence-corrected chi connectivity index (χ1v) is 19.3. The highest BCUT2D eigenvalue weighted by Gasteiger charge is 2.31. The smallest absolute Gasteiger partial charge is 0.127 e. The number of hydrogen-bond donors (Lipinski definition) is 0. The molecule has 0 fully saturated rings. The number of methoxy groups -OCH3 is 2. The van der Waals surface area contributed by atoms with Crippen LogP contribution in [0.25, 0.3) is 11.1 Å². The zero-order valence-corrected chi connectivity index (χ0v) is 31.5. The van der Waals surface area contributed by atoms with Gasteiger partial charge in [-0.15, -0.1) is 0 Å². The normalized spacial score (nSPS) is 13.9. The molecular weight excluding hydrogens is 622 g/mol. The van der Waals surface area contributed by atoms with E-state index in [1.165, 1.54) is 70.8 Å². The molecular formula is C44H46O2P2. The summed E-state index contributed by atoms with van der Waals surface area (Å²) >= 11 is 0. The first-order valence-electron chi connectivity index (χ1n) is 16.6. The van der Waals surface area contributed by atoms with Crippen molar-refractivity contribution in [2.75, 3.05) is 14.2 Å². The minimum Gasteiger partial charge on any atom is -0.496 e. The maximum Gasteiger partial charge on any atom is 0.127 e. The lowest BCUT2D eigenvalue weighted by Crippen LogP contribution is -2.25. The molecule has 48 heavy (non-hydrogen) atoms. The fraction of sp³-hybridized carbons (Fsp3) is 0.227. The Hall–Kier alpha value is -3.96. The SMILES string of the molecule is COc1cccc(P(C2=CC=C(C)C2)c2cc(C)cc(C)c2)c1-c1c(OC)cccc1P(c1cc(C)cc(C)c1)c1ccc(C)c(C)c1. The van der Waals surface area contributed by atoms with Gasteiger partial charge in [0.1, 0.15) is 11.5 Å². The molecule has 0 spiro atoms. The lowest BCUT2D eigenvalue weighted by molar-refractivity contribution is 0.411. The Balaban J connectivity index is 1.71. The molecule has 2 unspecified atom stereocenters. The fourth-order valence-electron chi connectivity index (χ4n) is 6.96. The number of allylic oxidation sites excluding steroid dienone is 4. The van der Waals surface area contributed by atoms with E-state index < -0.39 is 15.8 Å². The molecule has 0 aromatic heterocycles. The largest absolute Gasteiger partial charge is 0.496 e. The Morgan fingerprint density at radius 1 is 0.479 bits per heavy atom. The van der Waals surface area contributed by atoms with Crippen LogP contribution >= 0.6 is 15.8 Å². The summed E-state index contributed by atoms with van der Waals surface area (Å²) in [5, 5.41) is 8.07. The van der Waals surface area contributed by atoms with Crippen molar-refractivity contribution >= 4 is 42.4 Å². The van der Waals surface area contributed by atoms with Crippen LogP contribution in [0.2, 0.25) is 0 Å². The molecule has 0 aliphatic heterocycles. The zero-order chi connectivity index (χ0) is 34.1. The van der Waals surface area contributed by atoms with Gasteiger partial charge in [0.05, 0.1) is 14.2 Å². The molecule has 0 heterocycles. The standard InChI is InChI=1S/C44H46O2P2/c1-28-16-18-35(22-28)47(37-23-29(2)20-30(3)24-37)41-14-10-12-39(45-8)43(41)44-40(46-9)13-11-15-42(44)48(36-19-17-33(6)34(7)27-36)38-25-31(4)21-32(5)26-38/h10-21,23-27H,22H2,1-9H3. The van der Waals surface area contributed by atoms with Gasteiger partial charge in [-0.05, 0) is 126 Å². The monoisotopic (exact) mass is 668 g/mol.